The number of nitrogens with zero attached hydrogens (tertiary/aromatic N) is 2. The molecule has 0 radical (unpaired) electrons. The molecule has 1 aromatic carbocycles. The summed E-state index contributed by atoms with van der Waals surface area (Å²) in [6, 6.07) is 11.0. The number of rotatable bonds is 3. The highest BCUT2D eigenvalue weighted by Gasteiger charge is 2.43. The zero-order valence-corrected chi connectivity index (χ0v) is 17.1. The zero-order chi connectivity index (χ0) is 19.2. The number of hydrogen-bond acceptors (Lipinski definition) is 4. The van der Waals surface area contributed by atoms with Gasteiger partial charge >= 0.3 is 0 Å². The molecule has 2 aliphatic heterocycles. The number of fused-ring (bicyclic) bond motifs is 1. The monoisotopic (exact) mass is 367 g/mol. The van der Waals surface area contributed by atoms with Crippen molar-refractivity contribution < 1.29 is 5.11 Å². The molecule has 2 N–H and O–H groups in total. The molecule has 146 valence electrons. The van der Waals surface area contributed by atoms with Crippen molar-refractivity contribution >= 4 is 10.9 Å². The van der Waals surface area contributed by atoms with Gasteiger partial charge in [-0.25, -0.2) is 0 Å². The van der Waals surface area contributed by atoms with Crippen molar-refractivity contribution in [3.8, 4) is 0 Å². The van der Waals surface area contributed by atoms with E-state index in [-0.39, 0.29) is 23.1 Å². The molecule has 1 aromatic heterocycles. The molecule has 0 aliphatic carbocycles. The van der Waals surface area contributed by atoms with Gasteiger partial charge in [-0.1, -0.05) is 18.2 Å². The average Bonchev–Trinajstić information content (AvgIpc) is 2.93. The Bertz CT molecular complexity index is 795. The number of likely N-dealkylation sites (tertiary alicyclic amines) is 1. The number of para-hydroxylation sites is 1. The van der Waals surface area contributed by atoms with E-state index >= 15 is 0 Å². The predicted molar refractivity (Wildman–Crippen MR) is 111 cm³/mol. The first-order valence-corrected chi connectivity index (χ1v) is 10.3. The van der Waals surface area contributed by atoms with Gasteiger partial charge in [0.2, 0.25) is 0 Å². The van der Waals surface area contributed by atoms with Gasteiger partial charge in [0.15, 0.2) is 0 Å². The van der Waals surface area contributed by atoms with E-state index < -0.39 is 0 Å². The lowest BCUT2D eigenvalue weighted by atomic mass is 9.79. The second-order valence-corrected chi connectivity index (χ2v) is 9.93. The average molecular weight is 368 g/mol. The van der Waals surface area contributed by atoms with Crippen LogP contribution in [0.15, 0.2) is 36.5 Å². The Balaban J connectivity index is 1.50. The number of aliphatic hydroxyl groups is 1. The maximum absolute atomic E-state index is 10.8. The van der Waals surface area contributed by atoms with Gasteiger partial charge in [-0.2, -0.15) is 0 Å². The molecule has 0 spiro atoms. The van der Waals surface area contributed by atoms with Crippen LogP contribution in [0, 0.1) is 5.92 Å². The summed E-state index contributed by atoms with van der Waals surface area (Å²) in [7, 11) is 0. The van der Waals surface area contributed by atoms with Crippen molar-refractivity contribution in [2.75, 3.05) is 13.1 Å². The first kappa shape index (κ1) is 18.9. The molecule has 4 heteroatoms. The van der Waals surface area contributed by atoms with Crippen LogP contribution in [-0.4, -0.2) is 51.3 Å². The summed E-state index contributed by atoms with van der Waals surface area (Å²) in [5.74, 6) is 0.289. The molecule has 2 fully saturated rings. The summed E-state index contributed by atoms with van der Waals surface area (Å²) in [4.78, 5) is 7.02. The summed E-state index contributed by atoms with van der Waals surface area (Å²) < 4.78 is 0. The SMILES string of the molecule is CC1(C)CC(N2C[C@@H](Cc3ccnc4ccccc34)[C@@H](O)C2)CC(C)(C)N1. The second kappa shape index (κ2) is 6.84. The maximum Gasteiger partial charge on any atom is 0.0710 e. The van der Waals surface area contributed by atoms with Gasteiger partial charge in [-0.05, 0) is 64.7 Å². The van der Waals surface area contributed by atoms with Crippen LogP contribution in [0.4, 0.5) is 0 Å². The molecular formula is C23H33N3O. The van der Waals surface area contributed by atoms with E-state index in [9.17, 15) is 5.11 Å². The maximum atomic E-state index is 10.8. The minimum Gasteiger partial charge on any atom is -0.391 e. The van der Waals surface area contributed by atoms with Crippen molar-refractivity contribution in [3.05, 3.63) is 42.1 Å². The van der Waals surface area contributed by atoms with E-state index in [0.29, 0.717) is 6.04 Å². The van der Waals surface area contributed by atoms with Crippen molar-refractivity contribution in [2.45, 2.75) is 70.2 Å². The first-order chi connectivity index (χ1) is 12.7. The van der Waals surface area contributed by atoms with Crippen molar-refractivity contribution in [3.63, 3.8) is 0 Å². The largest absolute Gasteiger partial charge is 0.391 e. The fraction of sp³-hybridized carbons (Fsp3) is 0.609. The Morgan fingerprint density at radius 1 is 1.07 bits per heavy atom. The number of piperidine rings is 1. The molecule has 27 heavy (non-hydrogen) atoms. The van der Waals surface area contributed by atoms with Crippen molar-refractivity contribution in [1.82, 2.24) is 15.2 Å². The number of benzene rings is 1. The smallest absolute Gasteiger partial charge is 0.0710 e. The van der Waals surface area contributed by atoms with Gasteiger partial charge in [-0.3, -0.25) is 9.88 Å². The summed E-state index contributed by atoms with van der Waals surface area (Å²) in [6.45, 7) is 11.0. The lowest BCUT2D eigenvalue weighted by molar-refractivity contribution is 0.0704. The standard InChI is InChI=1S/C23H33N3O/c1-22(2)12-18(13-23(3,4)25-22)26-14-17(21(27)15-26)11-16-9-10-24-20-8-6-5-7-19(16)20/h5-10,17-18,21,25,27H,11-15H2,1-4H3/t17-,21+/m1/s1. The number of nitrogens with one attached hydrogen (secondary N) is 1. The third-order valence-corrected chi connectivity index (χ3v) is 6.34. The van der Waals surface area contributed by atoms with Crippen LogP contribution in [0.25, 0.3) is 10.9 Å². The first-order valence-electron chi connectivity index (χ1n) is 10.3. The highest BCUT2D eigenvalue weighted by Crippen LogP contribution is 2.35. The van der Waals surface area contributed by atoms with Gasteiger partial charge in [0.05, 0.1) is 11.6 Å². The molecule has 0 amide bonds. The molecule has 2 aliphatic rings. The number of β-amino-alcohol motifs (C(OH)–C–C–N with tert-alkyl or cyclic N) is 1. The third kappa shape index (κ3) is 4.03. The minimum atomic E-state index is -0.252. The van der Waals surface area contributed by atoms with E-state index in [2.05, 4.69) is 67.2 Å². The Hall–Kier alpha value is -1.49. The number of hydrogen-bond donors (Lipinski definition) is 2. The lowest BCUT2D eigenvalue weighted by Gasteiger charge is -2.49. The molecular weight excluding hydrogens is 334 g/mol. The molecule has 2 atom stereocenters. The summed E-state index contributed by atoms with van der Waals surface area (Å²) >= 11 is 0. The Kier molecular flexibility index (Phi) is 4.77. The van der Waals surface area contributed by atoms with Gasteiger partial charge in [0.1, 0.15) is 0 Å². The molecule has 0 saturated carbocycles. The number of pyridine rings is 1. The number of aliphatic hydroxyl groups excluding tert-OH is 1. The molecule has 0 bridgehead atoms. The Labute approximate surface area is 163 Å². The van der Waals surface area contributed by atoms with Gasteiger partial charge < -0.3 is 10.4 Å². The van der Waals surface area contributed by atoms with Crippen LogP contribution in [0.2, 0.25) is 0 Å². The topological polar surface area (TPSA) is 48.4 Å². The Morgan fingerprint density at radius 2 is 1.78 bits per heavy atom. The molecule has 4 rings (SSSR count). The summed E-state index contributed by atoms with van der Waals surface area (Å²) in [6.07, 6.45) is 4.83. The molecule has 3 heterocycles. The van der Waals surface area contributed by atoms with Crippen LogP contribution in [0.3, 0.4) is 0 Å². The van der Waals surface area contributed by atoms with Crippen LogP contribution in [-0.2, 0) is 6.42 Å². The minimum absolute atomic E-state index is 0.136. The highest BCUT2D eigenvalue weighted by molar-refractivity contribution is 5.81. The third-order valence-electron chi connectivity index (χ3n) is 6.34. The summed E-state index contributed by atoms with van der Waals surface area (Å²) in [5, 5.41) is 15.8. The van der Waals surface area contributed by atoms with Gasteiger partial charge in [0, 0.05) is 47.7 Å². The van der Waals surface area contributed by atoms with Crippen LogP contribution < -0.4 is 5.32 Å². The fourth-order valence-corrected chi connectivity index (χ4v) is 5.53. The molecule has 2 aromatic rings. The van der Waals surface area contributed by atoms with Gasteiger partial charge in [0.25, 0.3) is 0 Å². The van der Waals surface area contributed by atoms with E-state index in [1.54, 1.807) is 0 Å². The van der Waals surface area contributed by atoms with Gasteiger partial charge in [-0.15, -0.1) is 0 Å². The van der Waals surface area contributed by atoms with E-state index in [1.807, 2.05) is 12.3 Å². The Morgan fingerprint density at radius 3 is 2.52 bits per heavy atom. The van der Waals surface area contributed by atoms with Crippen LogP contribution in [0.5, 0.6) is 0 Å². The van der Waals surface area contributed by atoms with E-state index in [1.165, 1.54) is 10.9 Å². The van der Waals surface area contributed by atoms with E-state index in [0.717, 1.165) is 37.9 Å². The predicted octanol–water partition coefficient (Wildman–Crippen LogP) is 3.38. The normalized spacial score (nSPS) is 28.6. The lowest BCUT2D eigenvalue weighted by Crippen LogP contribution is -2.62. The molecule has 2 saturated heterocycles. The molecule has 4 nitrogen and oxygen atoms in total. The van der Waals surface area contributed by atoms with E-state index in [4.69, 9.17) is 0 Å². The summed E-state index contributed by atoms with van der Waals surface area (Å²) in [5.41, 5.74) is 2.62. The zero-order valence-electron chi connectivity index (χ0n) is 17.1. The highest BCUT2D eigenvalue weighted by atomic mass is 16.3. The quantitative estimate of drug-likeness (QED) is 0.873. The molecule has 0 unspecified atom stereocenters. The van der Waals surface area contributed by atoms with Crippen molar-refractivity contribution in [1.29, 1.82) is 0 Å². The van der Waals surface area contributed by atoms with Crippen LogP contribution >= 0.6 is 0 Å². The number of aromatic nitrogens is 1. The fourth-order valence-electron chi connectivity index (χ4n) is 5.53. The second-order valence-electron chi connectivity index (χ2n) is 9.93. The van der Waals surface area contributed by atoms with Crippen molar-refractivity contribution in [2.24, 2.45) is 5.92 Å². The van der Waals surface area contributed by atoms with Crippen LogP contribution in [0.1, 0.15) is 46.1 Å².